The minimum absolute atomic E-state index is 0.156. The normalized spacial score (nSPS) is 15.6. The van der Waals surface area contributed by atoms with Gasteiger partial charge in [0.2, 0.25) is 0 Å². The third-order valence-corrected chi connectivity index (χ3v) is 3.01. The number of rotatable bonds is 4. The molecule has 1 aliphatic rings. The average molecular weight is 263 g/mol. The lowest BCUT2D eigenvalue weighted by atomic mass is 10.0. The highest BCUT2D eigenvalue weighted by Crippen LogP contribution is 2.13. The lowest BCUT2D eigenvalue weighted by Gasteiger charge is -2.37. The molecule has 1 saturated heterocycles. The van der Waals surface area contributed by atoms with Gasteiger partial charge in [0.15, 0.2) is 0 Å². The standard InChI is InChI=1S/C13H17N3O3/c17-9-10-6-16(7-10)8-12(18)14-15-13(19)11-4-2-1-3-5-11/h1-5,10,17H,6-9H2,(H,14,18)(H,15,19). The highest BCUT2D eigenvalue weighted by molar-refractivity contribution is 5.95. The van der Waals surface area contributed by atoms with E-state index in [0.29, 0.717) is 5.56 Å². The summed E-state index contributed by atoms with van der Waals surface area (Å²) >= 11 is 0. The van der Waals surface area contributed by atoms with Crippen molar-refractivity contribution in [2.75, 3.05) is 26.2 Å². The zero-order valence-corrected chi connectivity index (χ0v) is 10.5. The predicted octanol–water partition coefficient (Wildman–Crippen LogP) is -0.628. The summed E-state index contributed by atoms with van der Waals surface area (Å²) in [6, 6.07) is 8.67. The molecular weight excluding hydrogens is 246 g/mol. The maximum atomic E-state index is 11.6. The van der Waals surface area contributed by atoms with Crippen LogP contribution in [0, 0.1) is 5.92 Å². The number of nitrogens with one attached hydrogen (secondary N) is 2. The van der Waals surface area contributed by atoms with Crippen LogP contribution in [0.25, 0.3) is 0 Å². The van der Waals surface area contributed by atoms with E-state index in [2.05, 4.69) is 10.9 Å². The van der Waals surface area contributed by atoms with Crippen molar-refractivity contribution in [3.8, 4) is 0 Å². The first-order valence-electron chi connectivity index (χ1n) is 6.16. The molecule has 1 aliphatic heterocycles. The summed E-state index contributed by atoms with van der Waals surface area (Å²) in [6.45, 7) is 1.82. The molecule has 0 aromatic heterocycles. The fourth-order valence-electron chi connectivity index (χ4n) is 1.95. The lowest BCUT2D eigenvalue weighted by molar-refractivity contribution is -0.124. The number of aliphatic hydroxyl groups excluding tert-OH is 1. The van der Waals surface area contributed by atoms with Crippen LogP contribution in [0.3, 0.4) is 0 Å². The Morgan fingerprint density at radius 3 is 2.53 bits per heavy atom. The summed E-state index contributed by atoms with van der Waals surface area (Å²) in [5, 5.41) is 8.86. The Morgan fingerprint density at radius 2 is 1.89 bits per heavy atom. The van der Waals surface area contributed by atoms with Crippen molar-refractivity contribution in [1.29, 1.82) is 0 Å². The van der Waals surface area contributed by atoms with Gasteiger partial charge in [-0.15, -0.1) is 0 Å². The van der Waals surface area contributed by atoms with E-state index in [0.717, 1.165) is 13.1 Å². The minimum atomic E-state index is -0.342. The van der Waals surface area contributed by atoms with Crippen LogP contribution >= 0.6 is 0 Å². The van der Waals surface area contributed by atoms with E-state index in [1.807, 2.05) is 11.0 Å². The first-order valence-corrected chi connectivity index (χ1v) is 6.16. The average Bonchev–Trinajstić information content (AvgIpc) is 2.40. The topological polar surface area (TPSA) is 81.7 Å². The molecule has 1 aromatic rings. The van der Waals surface area contributed by atoms with Crippen molar-refractivity contribution in [3.05, 3.63) is 35.9 Å². The second-order valence-corrected chi connectivity index (χ2v) is 4.61. The van der Waals surface area contributed by atoms with Crippen LogP contribution in [-0.2, 0) is 4.79 Å². The van der Waals surface area contributed by atoms with Crippen LogP contribution in [0.1, 0.15) is 10.4 Å². The number of aliphatic hydroxyl groups is 1. The number of hydrogen-bond acceptors (Lipinski definition) is 4. The van der Waals surface area contributed by atoms with Crippen LogP contribution in [0.2, 0.25) is 0 Å². The van der Waals surface area contributed by atoms with Gasteiger partial charge >= 0.3 is 0 Å². The Balaban J connectivity index is 1.68. The molecule has 1 heterocycles. The molecule has 0 radical (unpaired) electrons. The van der Waals surface area contributed by atoms with Gasteiger partial charge in [0, 0.05) is 31.2 Å². The van der Waals surface area contributed by atoms with E-state index in [1.165, 1.54) is 0 Å². The molecule has 2 amide bonds. The monoisotopic (exact) mass is 263 g/mol. The Bertz CT molecular complexity index is 444. The van der Waals surface area contributed by atoms with Gasteiger partial charge in [0.25, 0.3) is 11.8 Å². The van der Waals surface area contributed by atoms with Gasteiger partial charge < -0.3 is 5.11 Å². The van der Waals surface area contributed by atoms with Crippen molar-refractivity contribution >= 4 is 11.8 Å². The summed E-state index contributed by atoms with van der Waals surface area (Å²) in [5.41, 5.74) is 5.23. The van der Waals surface area contributed by atoms with Gasteiger partial charge in [0.05, 0.1) is 6.54 Å². The maximum Gasteiger partial charge on any atom is 0.269 e. The fourth-order valence-corrected chi connectivity index (χ4v) is 1.95. The number of hydrogen-bond donors (Lipinski definition) is 3. The zero-order chi connectivity index (χ0) is 13.7. The third kappa shape index (κ3) is 3.77. The van der Waals surface area contributed by atoms with Gasteiger partial charge in [-0.25, -0.2) is 0 Å². The van der Waals surface area contributed by atoms with Gasteiger partial charge in [0.1, 0.15) is 0 Å². The number of benzene rings is 1. The van der Waals surface area contributed by atoms with Crippen molar-refractivity contribution in [2.24, 2.45) is 5.92 Å². The largest absolute Gasteiger partial charge is 0.396 e. The molecule has 19 heavy (non-hydrogen) atoms. The van der Waals surface area contributed by atoms with Gasteiger partial charge in [-0.3, -0.25) is 25.3 Å². The summed E-state index contributed by atoms with van der Waals surface area (Å²) in [6.07, 6.45) is 0. The van der Waals surface area contributed by atoms with E-state index in [-0.39, 0.29) is 30.9 Å². The quantitative estimate of drug-likeness (QED) is 0.632. The SMILES string of the molecule is O=C(CN1CC(CO)C1)NNC(=O)c1ccccc1. The van der Waals surface area contributed by atoms with E-state index in [4.69, 9.17) is 5.11 Å². The second-order valence-electron chi connectivity index (χ2n) is 4.61. The van der Waals surface area contributed by atoms with E-state index < -0.39 is 0 Å². The van der Waals surface area contributed by atoms with Crippen LogP contribution in [0.4, 0.5) is 0 Å². The number of nitrogens with zero attached hydrogens (tertiary/aromatic N) is 1. The molecule has 0 spiro atoms. The molecule has 0 bridgehead atoms. The highest BCUT2D eigenvalue weighted by atomic mass is 16.3. The summed E-state index contributed by atoms with van der Waals surface area (Å²) < 4.78 is 0. The van der Waals surface area contributed by atoms with Crippen molar-refractivity contribution in [2.45, 2.75) is 0 Å². The molecule has 102 valence electrons. The van der Waals surface area contributed by atoms with Crippen LogP contribution in [-0.4, -0.2) is 48.1 Å². The molecule has 2 rings (SSSR count). The lowest BCUT2D eigenvalue weighted by Crippen LogP contribution is -2.54. The summed E-state index contributed by atoms with van der Waals surface area (Å²) in [7, 11) is 0. The van der Waals surface area contributed by atoms with E-state index in [1.54, 1.807) is 24.3 Å². The molecule has 0 atom stereocenters. The van der Waals surface area contributed by atoms with E-state index >= 15 is 0 Å². The molecule has 0 unspecified atom stereocenters. The molecule has 3 N–H and O–H groups in total. The first-order chi connectivity index (χ1) is 9.19. The van der Waals surface area contributed by atoms with Crippen LogP contribution in [0.15, 0.2) is 30.3 Å². The summed E-state index contributed by atoms with van der Waals surface area (Å²) in [4.78, 5) is 25.1. The molecule has 1 aromatic carbocycles. The number of amides is 2. The fraction of sp³-hybridized carbons (Fsp3) is 0.385. The molecule has 6 nitrogen and oxygen atoms in total. The zero-order valence-electron chi connectivity index (χ0n) is 10.5. The van der Waals surface area contributed by atoms with Gasteiger partial charge in [-0.2, -0.15) is 0 Å². The van der Waals surface area contributed by atoms with Crippen LogP contribution < -0.4 is 10.9 Å². The van der Waals surface area contributed by atoms with Crippen molar-refractivity contribution < 1.29 is 14.7 Å². The first kappa shape index (κ1) is 13.5. The van der Waals surface area contributed by atoms with E-state index in [9.17, 15) is 9.59 Å². The maximum absolute atomic E-state index is 11.6. The van der Waals surface area contributed by atoms with Crippen LogP contribution in [0.5, 0.6) is 0 Å². The Hall–Kier alpha value is -1.92. The smallest absolute Gasteiger partial charge is 0.269 e. The number of carbonyl (C=O) groups is 2. The number of hydrazine groups is 1. The number of likely N-dealkylation sites (tertiary alicyclic amines) is 1. The van der Waals surface area contributed by atoms with Gasteiger partial charge in [-0.05, 0) is 12.1 Å². The number of carbonyl (C=O) groups excluding carboxylic acids is 2. The molecule has 0 aliphatic carbocycles. The minimum Gasteiger partial charge on any atom is -0.396 e. The van der Waals surface area contributed by atoms with Gasteiger partial charge in [-0.1, -0.05) is 18.2 Å². The van der Waals surface area contributed by atoms with Crippen molar-refractivity contribution in [3.63, 3.8) is 0 Å². The molecular formula is C13H17N3O3. The molecule has 0 saturated carbocycles. The van der Waals surface area contributed by atoms with Crippen molar-refractivity contribution in [1.82, 2.24) is 15.8 Å². The Labute approximate surface area is 111 Å². The third-order valence-electron chi connectivity index (χ3n) is 3.01. The summed E-state index contributed by atoms with van der Waals surface area (Å²) in [5.74, 6) is -0.335. The second kappa shape index (κ2) is 6.31. The molecule has 6 heteroatoms. The molecule has 1 fully saturated rings. The Morgan fingerprint density at radius 1 is 1.21 bits per heavy atom. The highest BCUT2D eigenvalue weighted by Gasteiger charge is 2.27. The Kier molecular flexibility index (Phi) is 4.48. The predicted molar refractivity (Wildman–Crippen MR) is 69.1 cm³/mol.